The van der Waals surface area contributed by atoms with Crippen molar-refractivity contribution in [1.29, 1.82) is 0 Å². The second-order valence-corrected chi connectivity index (χ2v) is 4.41. The number of benzene rings is 1. The van der Waals surface area contributed by atoms with Crippen LogP contribution in [0.25, 0.3) is 0 Å². The largest absolute Gasteiger partial charge is 0.338 e. The minimum Gasteiger partial charge on any atom is -0.338 e. The maximum absolute atomic E-state index is 6.10. The zero-order valence-corrected chi connectivity index (χ0v) is 10.6. The predicted octanol–water partition coefficient (Wildman–Crippen LogP) is 2.66. The smallest absolute Gasteiger partial charge is 0.240 e. The highest BCUT2D eigenvalue weighted by Gasteiger charge is 2.08. The maximum atomic E-state index is 6.10. The van der Waals surface area contributed by atoms with Crippen molar-refractivity contribution in [2.45, 2.75) is 20.0 Å². The van der Waals surface area contributed by atoms with Crippen LogP contribution in [0.2, 0.25) is 5.02 Å². The Kier molecular flexibility index (Phi) is 3.76. The lowest BCUT2D eigenvalue weighted by Gasteiger charge is -2.14. The molecule has 0 unspecified atom stereocenters. The van der Waals surface area contributed by atoms with Gasteiger partial charge in [0, 0.05) is 11.6 Å². The van der Waals surface area contributed by atoms with Crippen LogP contribution in [0.3, 0.4) is 0 Å². The summed E-state index contributed by atoms with van der Waals surface area (Å²) in [5, 5.41) is 4.53. The van der Waals surface area contributed by atoms with Gasteiger partial charge >= 0.3 is 0 Å². The average Bonchev–Trinajstić information content (AvgIpc) is 2.67. The molecule has 0 spiro atoms. The topological polar surface area (TPSA) is 42.2 Å². The first-order chi connectivity index (χ1) is 8.15. The van der Waals surface area contributed by atoms with Gasteiger partial charge in [0.25, 0.3) is 0 Å². The molecule has 0 saturated carbocycles. The summed E-state index contributed by atoms with van der Waals surface area (Å²) in [6, 6.07) is 7.80. The standard InChI is InChI=1S/C12H14ClN3O/c1-9-14-12(17-15-9)8-16(2)7-10-5-3-4-6-11(10)13/h3-6H,7-8H2,1-2H3. The number of hydrogen-bond acceptors (Lipinski definition) is 4. The van der Waals surface area contributed by atoms with Crippen LogP contribution in [0.5, 0.6) is 0 Å². The zero-order chi connectivity index (χ0) is 12.3. The van der Waals surface area contributed by atoms with E-state index in [1.807, 2.05) is 31.3 Å². The van der Waals surface area contributed by atoms with Gasteiger partial charge in [-0.05, 0) is 25.6 Å². The summed E-state index contributed by atoms with van der Waals surface area (Å²) in [6.45, 7) is 3.17. The summed E-state index contributed by atoms with van der Waals surface area (Å²) in [6.07, 6.45) is 0. The third-order valence-electron chi connectivity index (χ3n) is 2.37. The molecule has 1 aromatic carbocycles. The Labute approximate surface area is 105 Å². The van der Waals surface area contributed by atoms with Crippen LogP contribution < -0.4 is 0 Å². The number of aromatic nitrogens is 2. The van der Waals surface area contributed by atoms with Gasteiger partial charge in [0.15, 0.2) is 5.82 Å². The molecule has 17 heavy (non-hydrogen) atoms. The molecule has 0 aliphatic rings. The van der Waals surface area contributed by atoms with Crippen LogP contribution in [-0.2, 0) is 13.1 Å². The molecule has 0 bridgehead atoms. The van der Waals surface area contributed by atoms with Crippen molar-refractivity contribution in [2.75, 3.05) is 7.05 Å². The number of hydrogen-bond donors (Lipinski definition) is 0. The number of aryl methyl sites for hydroxylation is 1. The second-order valence-electron chi connectivity index (χ2n) is 4.00. The first-order valence-corrected chi connectivity index (χ1v) is 5.74. The molecule has 2 aromatic rings. The average molecular weight is 252 g/mol. The molecule has 5 heteroatoms. The number of rotatable bonds is 4. The van der Waals surface area contributed by atoms with E-state index < -0.39 is 0 Å². The minimum absolute atomic E-state index is 0.617. The van der Waals surface area contributed by atoms with Crippen molar-refractivity contribution in [1.82, 2.24) is 15.0 Å². The fourth-order valence-corrected chi connectivity index (χ4v) is 1.80. The highest BCUT2D eigenvalue weighted by molar-refractivity contribution is 6.31. The van der Waals surface area contributed by atoms with Crippen molar-refractivity contribution in [3.63, 3.8) is 0 Å². The zero-order valence-electron chi connectivity index (χ0n) is 9.85. The van der Waals surface area contributed by atoms with Crippen LogP contribution in [0, 0.1) is 6.92 Å². The van der Waals surface area contributed by atoms with Gasteiger partial charge < -0.3 is 4.52 Å². The summed E-state index contributed by atoms with van der Waals surface area (Å²) >= 11 is 6.10. The van der Waals surface area contributed by atoms with Crippen LogP contribution in [0.15, 0.2) is 28.8 Å². The molecule has 0 amide bonds. The molecular formula is C12H14ClN3O. The third kappa shape index (κ3) is 3.28. The highest BCUT2D eigenvalue weighted by Crippen LogP contribution is 2.17. The number of halogens is 1. The summed E-state index contributed by atoms with van der Waals surface area (Å²) in [4.78, 5) is 6.24. The Balaban J connectivity index is 1.98. The van der Waals surface area contributed by atoms with Gasteiger partial charge in [0.05, 0.1) is 6.54 Å². The molecule has 0 aliphatic heterocycles. The van der Waals surface area contributed by atoms with E-state index in [0.29, 0.717) is 18.3 Å². The van der Waals surface area contributed by atoms with Gasteiger partial charge in [0.1, 0.15) is 0 Å². The summed E-state index contributed by atoms with van der Waals surface area (Å²) in [5.41, 5.74) is 1.09. The Morgan fingerprint density at radius 2 is 2.06 bits per heavy atom. The normalized spacial score (nSPS) is 11.1. The number of nitrogens with zero attached hydrogens (tertiary/aromatic N) is 3. The van der Waals surface area contributed by atoms with Crippen molar-refractivity contribution in [2.24, 2.45) is 0 Å². The van der Waals surface area contributed by atoms with Crippen molar-refractivity contribution in [3.8, 4) is 0 Å². The molecular weight excluding hydrogens is 238 g/mol. The van der Waals surface area contributed by atoms with Crippen LogP contribution in [0.1, 0.15) is 17.3 Å². The molecule has 0 aliphatic carbocycles. The Bertz CT molecular complexity index is 498. The Morgan fingerprint density at radius 1 is 1.29 bits per heavy atom. The van der Waals surface area contributed by atoms with Gasteiger partial charge in [-0.3, -0.25) is 4.90 Å². The lowest BCUT2D eigenvalue weighted by molar-refractivity contribution is 0.260. The predicted molar refractivity (Wildman–Crippen MR) is 65.7 cm³/mol. The van der Waals surface area contributed by atoms with E-state index >= 15 is 0 Å². The first kappa shape index (κ1) is 12.1. The lowest BCUT2D eigenvalue weighted by Crippen LogP contribution is -2.17. The van der Waals surface area contributed by atoms with Gasteiger partial charge in [-0.25, -0.2) is 0 Å². The fourth-order valence-electron chi connectivity index (χ4n) is 1.61. The molecule has 0 saturated heterocycles. The first-order valence-electron chi connectivity index (χ1n) is 5.36. The van der Waals surface area contributed by atoms with Crippen molar-refractivity contribution >= 4 is 11.6 Å². The van der Waals surface area contributed by atoms with Crippen LogP contribution >= 0.6 is 11.6 Å². The monoisotopic (exact) mass is 251 g/mol. The highest BCUT2D eigenvalue weighted by atomic mass is 35.5. The summed E-state index contributed by atoms with van der Waals surface area (Å²) in [5.74, 6) is 1.28. The Hall–Kier alpha value is -1.39. The summed E-state index contributed by atoms with van der Waals surface area (Å²) in [7, 11) is 1.99. The molecule has 0 radical (unpaired) electrons. The van der Waals surface area contributed by atoms with Gasteiger partial charge in [-0.1, -0.05) is 35.0 Å². The van der Waals surface area contributed by atoms with Gasteiger partial charge in [-0.2, -0.15) is 4.98 Å². The Morgan fingerprint density at radius 3 is 2.71 bits per heavy atom. The molecule has 90 valence electrons. The molecule has 1 aromatic heterocycles. The van der Waals surface area contributed by atoms with Crippen LogP contribution in [-0.4, -0.2) is 22.1 Å². The third-order valence-corrected chi connectivity index (χ3v) is 2.74. The second kappa shape index (κ2) is 5.29. The van der Waals surface area contributed by atoms with E-state index in [9.17, 15) is 0 Å². The molecule has 1 heterocycles. The van der Waals surface area contributed by atoms with E-state index in [4.69, 9.17) is 16.1 Å². The van der Waals surface area contributed by atoms with Crippen LogP contribution in [0.4, 0.5) is 0 Å². The lowest BCUT2D eigenvalue weighted by atomic mass is 10.2. The molecule has 2 rings (SSSR count). The van der Waals surface area contributed by atoms with Crippen molar-refractivity contribution in [3.05, 3.63) is 46.6 Å². The van der Waals surface area contributed by atoms with Crippen molar-refractivity contribution < 1.29 is 4.52 Å². The van der Waals surface area contributed by atoms with Gasteiger partial charge in [-0.15, -0.1) is 0 Å². The molecule has 0 fully saturated rings. The van der Waals surface area contributed by atoms with Gasteiger partial charge in [0.2, 0.25) is 5.89 Å². The molecule has 0 N–H and O–H groups in total. The maximum Gasteiger partial charge on any atom is 0.240 e. The quantitative estimate of drug-likeness (QED) is 0.838. The van der Waals surface area contributed by atoms with E-state index in [1.54, 1.807) is 6.92 Å². The molecule has 0 atom stereocenters. The summed E-state index contributed by atoms with van der Waals surface area (Å²) < 4.78 is 5.07. The van der Waals surface area contributed by atoms with E-state index in [-0.39, 0.29) is 0 Å². The van der Waals surface area contributed by atoms with E-state index in [2.05, 4.69) is 15.0 Å². The van der Waals surface area contributed by atoms with E-state index in [1.165, 1.54) is 0 Å². The van der Waals surface area contributed by atoms with E-state index in [0.717, 1.165) is 17.1 Å². The fraction of sp³-hybridized carbons (Fsp3) is 0.333. The molecule has 4 nitrogen and oxygen atoms in total. The minimum atomic E-state index is 0.617. The SMILES string of the molecule is Cc1noc(CN(C)Cc2ccccc2Cl)n1.